The highest BCUT2D eigenvalue weighted by Gasteiger charge is 2.36. The topological polar surface area (TPSA) is 36.7 Å². The first-order valence-electron chi connectivity index (χ1n) is 8.41. The van der Waals surface area contributed by atoms with Gasteiger partial charge in [0, 0.05) is 11.3 Å². The Labute approximate surface area is 165 Å². The Bertz CT molecular complexity index is 1010. The molecule has 3 rings (SSSR count). The summed E-state index contributed by atoms with van der Waals surface area (Å²) in [5, 5.41) is 9.41. The third kappa shape index (κ3) is 4.81. The Morgan fingerprint density at radius 3 is 2.25 bits per heavy atom. The fourth-order valence-electron chi connectivity index (χ4n) is 2.59. The molecular formula is C22H15F3N2S. The Morgan fingerprint density at radius 2 is 1.64 bits per heavy atom. The molecule has 0 amide bonds. The van der Waals surface area contributed by atoms with Gasteiger partial charge in [-0.25, -0.2) is 4.98 Å². The highest BCUT2D eigenvalue weighted by molar-refractivity contribution is 7.99. The van der Waals surface area contributed by atoms with Crippen LogP contribution in [0.15, 0.2) is 77.8 Å². The standard InChI is InChI=1S/C22H15F3N2S/c23-22(24,25)19-14-20(17-11-5-2-6-12-17)27-21(18(19)15-26)28-13-7-10-16-8-3-1-4-9-16/h1-12,14H,13H2/b10-7+. The van der Waals surface area contributed by atoms with Gasteiger partial charge in [0.05, 0.1) is 16.8 Å². The summed E-state index contributed by atoms with van der Waals surface area (Å²) in [6, 6.07) is 20.8. The van der Waals surface area contributed by atoms with Gasteiger partial charge >= 0.3 is 6.18 Å². The third-order valence-electron chi connectivity index (χ3n) is 3.90. The monoisotopic (exact) mass is 396 g/mol. The molecule has 0 aliphatic heterocycles. The van der Waals surface area contributed by atoms with E-state index >= 15 is 0 Å². The Balaban J connectivity index is 1.94. The number of halogens is 3. The van der Waals surface area contributed by atoms with E-state index in [0.717, 1.165) is 23.4 Å². The maximum atomic E-state index is 13.5. The van der Waals surface area contributed by atoms with E-state index in [-0.39, 0.29) is 10.7 Å². The van der Waals surface area contributed by atoms with Crippen molar-refractivity contribution in [3.8, 4) is 17.3 Å². The number of hydrogen-bond donors (Lipinski definition) is 0. The predicted octanol–water partition coefficient (Wildman–Crippen LogP) is 6.44. The van der Waals surface area contributed by atoms with Crippen LogP contribution in [-0.2, 0) is 6.18 Å². The molecule has 2 aromatic carbocycles. The first kappa shape index (κ1) is 19.7. The predicted molar refractivity (Wildman–Crippen MR) is 106 cm³/mol. The summed E-state index contributed by atoms with van der Waals surface area (Å²) < 4.78 is 40.6. The number of pyridine rings is 1. The van der Waals surface area contributed by atoms with Crippen LogP contribution < -0.4 is 0 Å². The van der Waals surface area contributed by atoms with Crippen LogP contribution >= 0.6 is 11.8 Å². The van der Waals surface area contributed by atoms with Crippen molar-refractivity contribution < 1.29 is 13.2 Å². The van der Waals surface area contributed by atoms with E-state index in [4.69, 9.17) is 0 Å². The second-order valence-electron chi connectivity index (χ2n) is 5.83. The SMILES string of the molecule is N#Cc1c(C(F)(F)F)cc(-c2ccccc2)nc1SC/C=C/c1ccccc1. The van der Waals surface area contributed by atoms with Crippen LogP contribution in [0.3, 0.4) is 0 Å². The lowest BCUT2D eigenvalue weighted by Crippen LogP contribution is -2.10. The van der Waals surface area contributed by atoms with Crippen LogP contribution in [0.5, 0.6) is 0 Å². The molecule has 0 N–H and O–H groups in total. The van der Waals surface area contributed by atoms with E-state index in [9.17, 15) is 18.4 Å². The van der Waals surface area contributed by atoms with Crippen LogP contribution in [0.25, 0.3) is 17.3 Å². The second kappa shape index (κ2) is 8.77. The van der Waals surface area contributed by atoms with Gasteiger partial charge in [0.2, 0.25) is 0 Å². The number of alkyl halides is 3. The largest absolute Gasteiger partial charge is 0.417 e. The molecule has 3 aromatic rings. The van der Waals surface area contributed by atoms with Crippen molar-refractivity contribution in [2.45, 2.75) is 11.2 Å². The van der Waals surface area contributed by atoms with E-state index < -0.39 is 17.3 Å². The van der Waals surface area contributed by atoms with E-state index in [1.54, 1.807) is 36.4 Å². The maximum Gasteiger partial charge on any atom is 0.417 e. The minimum absolute atomic E-state index is 0.0777. The average molecular weight is 396 g/mol. The highest BCUT2D eigenvalue weighted by atomic mass is 32.2. The van der Waals surface area contributed by atoms with E-state index in [2.05, 4.69) is 4.98 Å². The quantitative estimate of drug-likeness (QED) is 0.465. The van der Waals surface area contributed by atoms with Gasteiger partial charge in [0.25, 0.3) is 0 Å². The summed E-state index contributed by atoms with van der Waals surface area (Å²) in [6.07, 6.45) is -0.914. The second-order valence-corrected chi connectivity index (χ2v) is 6.84. The lowest BCUT2D eigenvalue weighted by molar-refractivity contribution is -0.138. The smallest absolute Gasteiger partial charge is 0.240 e. The molecule has 0 atom stereocenters. The highest BCUT2D eigenvalue weighted by Crippen LogP contribution is 2.37. The minimum atomic E-state index is -4.63. The summed E-state index contributed by atoms with van der Waals surface area (Å²) in [4.78, 5) is 4.34. The summed E-state index contributed by atoms with van der Waals surface area (Å²) in [5.41, 5.74) is 0.356. The molecular weight excluding hydrogens is 381 g/mol. The van der Waals surface area contributed by atoms with Gasteiger partial charge in [0.1, 0.15) is 11.1 Å². The van der Waals surface area contributed by atoms with Gasteiger partial charge in [-0.3, -0.25) is 0 Å². The molecule has 28 heavy (non-hydrogen) atoms. The zero-order chi connectivity index (χ0) is 20.0. The molecule has 1 heterocycles. The Morgan fingerprint density at radius 1 is 1.00 bits per heavy atom. The molecule has 0 saturated heterocycles. The molecule has 0 fully saturated rings. The molecule has 0 radical (unpaired) electrons. The van der Waals surface area contributed by atoms with Gasteiger partial charge in [-0.2, -0.15) is 18.4 Å². The summed E-state index contributed by atoms with van der Waals surface area (Å²) in [6.45, 7) is 0. The van der Waals surface area contributed by atoms with Crippen LogP contribution in [0.1, 0.15) is 16.7 Å². The Hall–Kier alpha value is -3.04. The fourth-order valence-corrected chi connectivity index (χ4v) is 3.40. The molecule has 0 unspecified atom stereocenters. The molecule has 2 nitrogen and oxygen atoms in total. The van der Waals surface area contributed by atoms with Crippen molar-refractivity contribution in [1.82, 2.24) is 4.98 Å². The normalized spacial score (nSPS) is 11.5. The van der Waals surface area contributed by atoms with Gasteiger partial charge < -0.3 is 0 Å². The third-order valence-corrected chi connectivity index (χ3v) is 4.83. The number of aromatic nitrogens is 1. The lowest BCUT2D eigenvalue weighted by Gasteiger charge is -2.14. The molecule has 0 spiro atoms. The first-order valence-corrected chi connectivity index (χ1v) is 9.40. The zero-order valence-electron chi connectivity index (χ0n) is 14.6. The fraction of sp³-hybridized carbons (Fsp3) is 0.0909. The molecule has 1 aromatic heterocycles. The Kier molecular flexibility index (Phi) is 6.17. The first-order chi connectivity index (χ1) is 13.5. The van der Waals surface area contributed by atoms with E-state index in [0.29, 0.717) is 11.3 Å². The minimum Gasteiger partial charge on any atom is -0.240 e. The molecule has 0 aliphatic carbocycles. The van der Waals surface area contributed by atoms with Crippen molar-refractivity contribution in [2.24, 2.45) is 0 Å². The van der Waals surface area contributed by atoms with E-state index in [1.165, 1.54) is 0 Å². The summed E-state index contributed by atoms with van der Waals surface area (Å²) in [5.74, 6) is 0.395. The van der Waals surface area contributed by atoms with Crippen molar-refractivity contribution in [1.29, 1.82) is 5.26 Å². The number of thioether (sulfide) groups is 1. The lowest BCUT2D eigenvalue weighted by atomic mass is 10.1. The number of hydrogen-bond acceptors (Lipinski definition) is 3. The average Bonchev–Trinajstić information content (AvgIpc) is 2.71. The molecule has 6 heteroatoms. The van der Waals surface area contributed by atoms with Crippen molar-refractivity contribution in [2.75, 3.05) is 5.75 Å². The molecule has 140 valence electrons. The summed E-state index contributed by atoms with van der Waals surface area (Å²) in [7, 11) is 0. The molecule has 0 aliphatic rings. The molecule has 0 saturated carbocycles. The number of nitrogens with zero attached hydrogens (tertiary/aromatic N) is 2. The van der Waals surface area contributed by atoms with Crippen LogP contribution in [0, 0.1) is 11.3 Å². The van der Waals surface area contributed by atoms with Crippen molar-refractivity contribution in [3.05, 3.63) is 89.5 Å². The number of benzene rings is 2. The van der Waals surface area contributed by atoms with Crippen LogP contribution in [-0.4, -0.2) is 10.7 Å². The van der Waals surface area contributed by atoms with Gasteiger partial charge in [-0.15, -0.1) is 11.8 Å². The number of rotatable bonds is 5. The zero-order valence-corrected chi connectivity index (χ0v) is 15.5. The van der Waals surface area contributed by atoms with Crippen LogP contribution in [0.4, 0.5) is 13.2 Å². The van der Waals surface area contributed by atoms with Gasteiger partial charge in [-0.05, 0) is 11.6 Å². The van der Waals surface area contributed by atoms with E-state index in [1.807, 2.05) is 42.5 Å². The molecule has 0 bridgehead atoms. The van der Waals surface area contributed by atoms with Gasteiger partial charge in [-0.1, -0.05) is 72.8 Å². The number of nitriles is 1. The van der Waals surface area contributed by atoms with Crippen molar-refractivity contribution in [3.63, 3.8) is 0 Å². The van der Waals surface area contributed by atoms with Crippen molar-refractivity contribution >= 4 is 17.8 Å². The van der Waals surface area contributed by atoms with Gasteiger partial charge in [0.15, 0.2) is 0 Å². The van der Waals surface area contributed by atoms with Crippen LogP contribution in [0.2, 0.25) is 0 Å². The summed E-state index contributed by atoms with van der Waals surface area (Å²) >= 11 is 1.11. The maximum absolute atomic E-state index is 13.5.